The molecule has 3 rings (SSSR count). The number of ether oxygens (including phenoxy) is 4. The van der Waals surface area contributed by atoms with Gasteiger partial charge >= 0.3 is 5.97 Å². The summed E-state index contributed by atoms with van der Waals surface area (Å²) in [5, 5.41) is 14.7. The summed E-state index contributed by atoms with van der Waals surface area (Å²) < 4.78 is 22.1. The van der Waals surface area contributed by atoms with Gasteiger partial charge in [0, 0.05) is 27.7 Å². The molecule has 36 heavy (non-hydrogen) atoms. The van der Waals surface area contributed by atoms with Gasteiger partial charge < -0.3 is 18.9 Å². The van der Waals surface area contributed by atoms with Gasteiger partial charge in [0.05, 0.1) is 38.0 Å². The number of hydrogen-bond donors (Lipinski definition) is 1. The van der Waals surface area contributed by atoms with E-state index in [-0.39, 0.29) is 34.1 Å². The third-order valence-electron chi connectivity index (χ3n) is 4.78. The molecule has 0 spiro atoms. The number of halogens is 1. The number of benzene rings is 3. The first kappa shape index (κ1) is 26.2. The first-order chi connectivity index (χ1) is 17.3. The van der Waals surface area contributed by atoms with E-state index < -0.39 is 16.8 Å². The van der Waals surface area contributed by atoms with Crippen LogP contribution in [0.25, 0.3) is 0 Å². The smallest absolute Gasteiger partial charge is 0.343 e. The Morgan fingerprint density at radius 3 is 2.11 bits per heavy atom. The molecule has 11 nitrogen and oxygen atoms in total. The van der Waals surface area contributed by atoms with Crippen LogP contribution in [0.3, 0.4) is 0 Å². The highest BCUT2D eigenvalue weighted by Crippen LogP contribution is 2.38. The van der Waals surface area contributed by atoms with E-state index in [1.165, 1.54) is 63.9 Å². The summed E-state index contributed by atoms with van der Waals surface area (Å²) in [5.41, 5.74) is 2.91. The molecule has 1 amide bonds. The van der Waals surface area contributed by atoms with Crippen molar-refractivity contribution in [2.45, 2.75) is 0 Å². The molecule has 1 N–H and O–H groups in total. The van der Waals surface area contributed by atoms with E-state index in [2.05, 4.69) is 26.5 Å². The molecule has 0 bridgehead atoms. The molecule has 0 atom stereocenters. The van der Waals surface area contributed by atoms with Crippen LogP contribution in [0.1, 0.15) is 26.3 Å². The van der Waals surface area contributed by atoms with Gasteiger partial charge in [-0.1, -0.05) is 15.9 Å². The SMILES string of the molecule is COc1cc(C(=O)Oc2ccc(Br)cc2/C=N\NC(=O)c2ccc([N+](=O)[O-])cc2)cc(OC)c1OC. The number of esters is 1. The zero-order chi connectivity index (χ0) is 26.2. The topological polar surface area (TPSA) is 139 Å². The fraction of sp³-hybridized carbons (Fsp3) is 0.125. The molecule has 0 heterocycles. The normalized spacial score (nSPS) is 10.6. The second-order valence-electron chi connectivity index (χ2n) is 6.99. The van der Waals surface area contributed by atoms with Crippen molar-refractivity contribution in [1.82, 2.24) is 5.43 Å². The molecule has 186 valence electrons. The van der Waals surface area contributed by atoms with Gasteiger partial charge in [0.1, 0.15) is 5.75 Å². The van der Waals surface area contributed by atoms with Crippen molar-refractivity contribution < 1.29 is 33.5 Å². The van der Waals surface area contributed by atoms with E-state index in [4.69, 9.17) is 18.9 Å². The number of non-ortho nitro benzene ring substituents is 1. The van der Waals surface area contributed by atoms with Gasteiger partial charge in [0.25, 0.3) is 11.6 Å². The lowest BCUT2D eigenvalue weighted by molar-refractivity contribution is -0.384. The minimum Gasteiger partial charge on any atom is -0.493 e. The number of nitrogens with zero attached hydrogens (tertiary/aromatic N) is 2. The third-order valence-corrected chi connectivity index (χ3v) is 5.28. The zero-order valence-corrected chi connectivity index (χ0v) is 20.9. The summed E-state index contributed by atoms with van der Waals surface area (Å²) in [7, 11) is 4.31. The van der Waals surface area contributed by atoms with E-state index in [1.54, 1.807) is 18.2 Å². The van der Waals surface area contributed by atoms with Gasteiger partial charge in [-0.3, -0.25) is 14.9 Å². The highest BCUT2D eigenvalue weighted by atomic mass is 79.9. The van der Waals surface area contributed by atoms with E-state index in [9.17, 15) is 19.7 Å². The summed E-state index contributed by atoms with van der Waals surface area (Å²) in [6.45, 7) is 0. The minimum absolute atomic E-state index is 0.136. The predicted octanol–water partition coefficient (Wildman–Crippen LogP) is 4.37. The van der Waals surface area contributed by atoms with Crippen LogP contribution >= 0.6 is 15.9 Å². The molecular formula is C24H20BrN3O8. The fourth-order valence-corrected chi connectivity index (χ4v) is 3.41. The summed E-state index contributed by atoms with van der Waals surface area (Å²) in [6.07, 6.45) is 1.30. The number of methoxy groups -OCH3 is 3. The molecule has 0 saturated heterocycles. The monoisotopic (exact) mass is 557 g/mol. The second-order valence-corrected chi connectivity index (χ2v) is 7.90. The van der Waals surface area contributed by atoms with Crippen LogP contribution in [0.5, 0.6) is 23.0 Å². The Bertz CT molecular complexity index is 1300. The van der Waals surface area contributed by atoms with Gasteiger partial charge in [0.2, 0.25) is 5.75 Å². The summed E-state index contributed by atoms with van der Waals surface area (Å²) in [5.74, 6) is -0.194. The second kappa shape index (κ2) is 11.8. The van der Waals surface area contributed by atoms with Crippen molar-refractivity contribution in [3.63, 3.8) is 0 Å². The van der Waals surface area contributed by atoms with Gasteiger partial charge in [0.15, 0.2) is 11.5 Å². The van der Waals surface area contributed by atoms with E-state index in [0.717, 1.165) is 0 Å². The molecule has 0 unspecified atom stereocenters. The van der Waals surface area contributed by atoms with Crippen LogP contribution in [0, 0.1) is 10.1 Å². The first-order valence-electron chi connectivity index (χ1n) is 10.2. The highest BCUT2D eigenvalue weighted by Gasteiger charge is 2.19. The Kier molecular flexibility index (Phi) is 8.57. The fourth-order valence-electron chi connectivity index (χ4n) is 3.03. The summed E-state index contributed by atoms with van der Waals surface area (Å²) in [4.78, 5) is 35.4. The highest BCUT2D eigenvalue weighted by molar-refractivity contribution is 9.10. The van der Waals surface area contributed by atoms with Crippen LogP contribution in [-0.4, -0.2) is 44.3 Å². The summed E-state index contributed by atoms with van der Waals surface area (Å²) in [6, 6.07) is 12.8. The average Bonchev–Trinajstić information content (AvgIpc) is 2.88. The number of hydrazone groups is 1. The maximum absolute atomic E-state index is 12.9. The molecule has 0 fully saturated rings. The number of carbonyl (C=O) groups excluding carboxylic acids is 2. The maximum atomic E-state index is 12.9. The quantitative estimate of drug-likeness (QED) is 0.134. The van der Waals surface area contributed by atoms with Crippen LogP contribution < -0.4 is 24.4 Å². The van der Waals surface area contributed by atoms with Crippen LogP contribution in [0.2, 0.25) is 0 Å². The van der Waals surface area contributed by atoms with E-state index in [1.807, 2.05) is 0 Å². The standard InChI is InChI=1S/C24H20BrN3O8/c1-33-20-11-15(12-21(34-2)22(20)35-3)24(30)36-19-9-6-17(25)10-16(19)13-26-27-23(29)14-4-7-18(8-5-14)28(31)32/h4-13H,1-3H3,(H,27,29)/b26-13-. The molecule has 0 aliphatic rings. The lowest BCUT2D eigenvalue weighted by Gasteiger charge is -2.14. The van der Waals surface area contributed by atoms with Crippen LogP contribution in [0.4, 0.5) is 5.69 Å². The van der Waals surface area contributed by atoms with E-state index in [0.29, 0.717) is 15.8 Å². The lowest BCUT2D eigenvalue weighted by Crippen LogP contribution is -2.17. The molecule has 0 radical (unpaired) electrons. The van der Waals surface area contributed by atoms with E-state index >= 15 is 0 Å². The third kappa shape index (κ3) is 6.16. The number of carbonyl (C=O) groups is 2. The number of nitro benzene ring substituents is 1. The Balaban J connectivity index is 1.79. The number of hydrogen-bond acceptors (Lipinski definition) is 9. The molecular weight excluding hydrogens is 538 g/mol. The van der Waals surface area contributed by atoms with Crippen molar-refractivity contribution >= 4 is 39.7 Å². The maximum Gasteiger partial charge on any atom is 0.343 e. The van der Waals surface area contributed by atoms with Crippen molar-refractivity contribution in [1.29, 1.82) is 0 Å². The minimum atomic E-state index is -0.693. The van der Waals surface area contributed by atoms with Gasteiger partial charge in [-0.2, -0.15) is 5.10 Å². The van der Waals surface area contributed by atoms with Crippen molar-refractivity contribution in [2.24, 2.45) is 5.10 Å². The molecule has 0 saturated carbocycles. The molecule has 3 aromatic rings. The van der Waals surface area contributed by atoms with Gasteiger partial charge in [-0.05, 0) is 42.5 Å². The lowest BCUT2D eigenvalue weighted by atomic mass is 10.1. The number of nitrogens with one attached hydrogen (secondary N) is 1. The number of amides is 1. The predicted molar refractivity (Wildman–Crippen MR) is 133 cm³/mol. The van der Waals surface area contributed by atoms with Crippen LogP contribution in [-0.2, 0) is 0 Å². The Morgan fingerprint density at radius 1 is 0.917 bits per heavy atom. The first-order valence-corrected chi connectivity index (χ1v) is 11.0. The molecule has 0 aromatic heterocycles. The molecule has 3 aromatic carbocycles. The largest absolute Gasteiger partial charge is 0.493 e. The number of rotatable bonds is 9. The zero-order valence-electron chi connectivity index (χ0n) is 19.3. The van der Waals surface area contributed by atoms with Crippen molar-refractivity contribution in [2.75, 3.05) is 21.3 Å². The molecule has 0 aliphatic heterocycles. The van der Waals surface area contributed by atoms with Crippen molar-refractivity contribution in [3.05, 3.63) is 85.9 Å². The Hall–Kier alpha value is -4.45. The van der Waals surface area contributed by atoms with Crippen molar-refractivity contribution in [3.8, 4) is 23.0 Å². The molecule has 12 heteroatoms. The average molecular weight is 558 g/mol. The number of nitro groups is 1. The Labute approximate surface area is 213 Å². The van der Waals surface area contributed by atoms with Gasteiger partial charge in [-0.25, -0.2) is 10.2 Å². The van der Waals surface area contributed by atoms with Gasteiger partial charge in [-0.15, -0.1) is 0 Å². The van der Waals surface area contributed by atoms with Crippen LogP contribution in [0.15, 0.2) is 64.2 Å². The summed E-state index contributed by atoms with van der Waals surface area (Å²) >= 11 is 3.35. The Morgan fingerprint density at radius 2 is 1.56 bits per heavy atom. The molecule has 0 aliphatic carbocycles.